The van der Waals surface area contributed by atoms with Crippen molar-refractivity contribution in [3.8, 4) is 0 Å². The Bertz CT molecular complexity index is 1060. The van der Waals surface area contributed by atoms with E-state index in [0.29, 0.717) is 16.4 Å². The molecular weight excluding hydrogens is 417 g/mol. The predicted octanol–water partition coefficient (Wildman–Crippen LogP) is 5.48. The normalized spacial score (nSPS) is 12.7. The van der Waals surface area contributed by atoms with Gasteiger partial charge < -0.3 is 4.57 Å². The lowest BCUT2D eigenvalue weighted by atomic mass is 10.1. The van der Waals surface area contributed by atoms with Crippen LogP contribution in [0.25, 0.3) is 10.2 Å². The fraction of sp³-hybridized carbons (Fsp3) is 0.222. The smallest absolute Gasteiger partial charge is 0.316 e. The molecule has 0 saturated heterocycles. The average molecular weight is 431 g/mol. The van der Waals surface area contributed by atoms with Crippen molar-refractivity contribution in [1.82, 2.24) is 4.57 Å². The van der Waals surface area contributed by atoms with Crippen LogP contribution in [0, 0.1) is 0 Å². The van der Waals surface area contributed by atoms with E-state index in [1.165, 1.54) is 23.5 Å². The van der Waals surface area contributed by atoms with Crippen molar-refractivity contribution >= 4 is 50.8 Å². The highest BCUT2D eigenvalue weighted by molar-refractivity contribution is 7.98. The quantitative estimate of drug-likeness (QED) is 0.549. The minimum Gasteiger partial charge on any atom is -0.316 e. The van der Waals surface area contributed by atoms with Gasteiger partial charge in [0.2, 0.25) is 0 Å². The van der Waals surface area contributed by atoms with Gasteiger partial charge in [-0.1, -0.05) is 29.0 Å². The average Bonchev–Trinajstić information content (AvgIpc) is 2.95. The number of nitrogens with zero attached hydrogens (tertiary/aromatic N) is 2. The Balaban J connectivity index is 2.08. The topological polar surface area (TPSA) is 34.4 Å². The fourth-order valence-corrected chi connectivity index (χ4v) is 4.21. The third-order valence-corrected chi connectivity index (χ3v) is 5.66. The van der Waals surface area contributed by atoms with Crippen LogP contribution in [0.5, 0.6) is 0 Å². The zero-order valence-electron chi connectivity index (χ0n) is 14.1. The molecule has 0 aliphatic rings. The molecule has 3 aromatic rings. The second-order valence-electron chi connectivity index (χ2n) is 5.64. The van der Waals surface area contributed by atoms with Crippen molar-refractivity contribution in [1.29, 1.82) is 0 Å². The van der Waals surface area contributed by atoms with E-state index in [9.17, 15) is 18.0 Å². The van der Waals surface area contributed by atoms with E-state index < -0.39 is 17.6 Å². The molecule has 1 aromatic heterocycles. The highest BCUT2D eigenvalue weighted by Crippen LogP contribution is 2.29. The second-order valence-corrected chi connectivity index (χ2v) is 8.07. The number of amides is 1. The lowest BCUT2D eigenvalue weighted by Gasteiger charge is -2.07. The molecule has 0 fully saturated rings. The summed E-state index contributed by atoms with van der Waals surface area (Å²) in [6.45, 7) is 0.623. The maximum absolute atomic E-state index is 12.9. The van der Waals surface area contributed by atoms with Gasteiger partial charge in [0.05, 0.1) is 15.8 Å². The Morgan fingerprint density at radius 3 is 2.74 bits per heavy atom. The molecule has 3 rings (SSSR count). The summed E-state index contributed by atoms with van der Waals surface area (Å²) in [6.07, 6.45) is -2.54. The van der Waals surface area contributed by atoms with E-state index in [-0.39, 0.29) is 5.56 Å². The van der Waals surface area contributed by atoms with Gasteiger partial charge in [-0.15, -0.1) is 0 Å². The van der Waals surface area contributed by atoms with Crippen molar-refractivity contribution in [2.75, 3.05) is 12.0 Å². The molecule has 142 valence electrons. The number of carbonyl (C=O) groups is 1. The Kier molecular flexibility index (Phi) is 5.98. The minimum atomic E-state index is -4.51. The first-order valence-corrected chi connectivity index (χ1v) is 10.4. The molecule has 0 N–H and O–H groups in total. The Morgan fingerprint density at radius 1 is 1.26 bits per heavy atom. The van der Waals surface area contributed by atoms with Crippen LogP contribution in [0.4, 0.5) is 13.2 Å². The number of hydrogen-bond acceptors (Lipinski definition) is 3. The van der Waals surface area contributed by atoms with Gasteiger partial charge in [-0.05, 0) is 42.7 Å². The highest BCUT2D eigenvalue weighted by Gasteiger charge is 2.30. The summed E-state index contributed by atoms with van der Waals surface area (Å²) in [5.74, 6) is 0.0935. The van der Waals surface area contributed by atoms with E-state index >= 15 is 0 Å². The number of aryl methyl sites for hydroxylation is 1. The molecular formula is C18H14ClF3N2OS2. The largest absolute Gasteiger partial charge is 0.416 e. The van der Waals surface area contributed by atoms with E-state index in [4.69, 9.17) is 11.6 Å². The Hall–Kier alpha value is -1.77. The lowest BCUT2D eigenvalue weighted by molar-refractivity contribution is -0.137. The summed E-state index contributed by atoms with van der Waals surface area (Å²) in [5.41, 5.74) is -0.0901. The van der Waals surface area contributed by atoms with Crippen LogP contribution in [0.1, 0.15) is 15.9 Å². The number of thiazole rings is 1. The molecule has 27 heavy (non-hydrogen) atoms. The Morgan fingerprint density at radius 2 is 2.04 bits per heavy atom. The maximum Gasteiger partial charge on any atom is 0.416 e. The molecule has 9 heteroatoms. The lowest BCUT2D eigenvalue weighted by Crippen LogP contribution is -2.18. The molecule has 0 unspecified atom stereocenters. The number of alkyl halides is 3. The summed E-state index contributed by atoms with van der Waals surface area (Å²) in [5, 5.41) is 0.566. The van der Waals surface area contributed by atoms with Crippen LogP contribution in [0.15, 0.2) is 47.5 Å². The highest BCUT2D eigenvalue weighted by atomic mass is 35.5. The Labute approximate surface area is 166 Å². The van der Waals surface area contributed by atoms with Gasteiger partial charge in [-0.25, -0.2) is 0 Å². The standard InChI is InChI=1S/C18H14ClF3N2OS2/c1-26-8-7-24-14-6-5-13(19)10-15(14)27-17(24)23-16(25)11-3-2-4-12(9-11)18(20,21)22/h2-6,9-10H,7-8H2,1H3. The number of halogens is 4. The first-order chi connectivity index (χ1) is 12.8. The van der Waals surface area contributed by atoms with E-state index in [1.807, 2.05) is 16.9 Å². The zero-order valence-corrected chi connectivity index (χ0v) is 16.5. The monoisotopic (exact) mass is 430 g/mol. The summed E-state index contributed by atoms with van der Waals surface area (Å²) < 4.78 is 41.4. The maximum atomic E-state index is 12.9. The van der Waals surface area contributed by atoms with Crippen molar-refractivity contribution in [2.24, 2.45) is 4.99 Å². The molecule has 2 aromatic carbocycles. The van der Waals surface area contributed by atoms with E-state index in [1.54, 1.807) is 23.9 Å². The number of aromatic nitrogens is 1. The number of hydrogen-bond donors (Lipinski definition) is 0. The fourth-order valence-electron chi connectivity index (χ4n) is 2.51. The molecule has 0 bridgehead atoms. The number of thioether (sulfide) groups is 1. The third kappa shape index (κ3) is 4.56. The minimum absolute atomic E-state index is 0.100. The van der Waals surface area contributed by atoms with Gasteiger partial charge in [0, 0.05) is 22.9 Å². The van der Waals surface area contributed by atoms with Crippen LogP contribution in [-0.2, 0) is 12.7 Å². The van der Waals surface area contributed by atoms with Gasteiger partial charge in [0.1, 0.15) is 0 Å². The van der Waals surface area contributed by atoms with Crippen LogP contribution in [-0.4, -0.2) is 22.5 Å². The molecule has 1 heterocycles. The van der Waals surface area contributed by atoms with Crippen LogP contribution in [0.3, 0.4) is 0 Å². The van der Waals surface area contributed by atoms with Gasteiger partial charge in [-0.3, -0.25) is 4.79 Å². The predicted molar refractivity (Wildman–Crippen MR) is 105 cm³/mol. The van der Waals surface area contributed by atoms with Gasteiger partial charge in [0.25, 0.3) is 5.91 Å². The number of rotatable bonds is 4. The van der Waals surface area contributed by atoms with Crippen LogP contribution in [0.2, 0.25) is 5.02 Å². The molecule has 1 amide bonds. The number of benzene rings is 2. The molecule has 0 aliphatic carbocycles. The van der Waals surface area contributed by atoms with E-state index in [0.717, 1.165) is 28.1 Å². The molecule has 3 nitrogen and oxygen atoms in total. The van der Waals surface area contributed by atoms with Crippen molar-refractivity contribution < 1.29 is 18.0 Å². The number of fused-ring (bicyclic) bond motifs is 1. The van der Waals surface area contributed by atoms with Gasteiger partial charge >= 0.3 is 6.18 Å². The second kappa shape index (κ2) is 8.08. The summed E-state index contributed by atoms with van der Waals surface area (Å²) in [7, 11) is 0. The first-order valence-electron chi connectivity index (χ1n) is 7.84. The van der Waals surface area contributed by atoms with Gasteiger partial charge in [0.15, 0.2) is 4.80 Å². The molecule has 0 radical (unpaired) electrons. The van der Waals surface area contributed by atoms with Crippen LogP contribution >= 0.6 is 34.7 Å². The molecule has 0 atom stereocenters. The van der Waals surface area contributed by atoms with Crippen molar-refractivity contribution in [2.45, 2.75) is 12.7 Å². The van der Waals surface area contributed by atoms with Crippen molar-refractivity contribution in [3.05, 3.63) is 63.4 Å². The summed E-state index contributed by atoms with van der Waals surface area (Å²) >= 11 is 8.96. The van der Waals surface area contributed by atoms with Gasteiger partial charge in [-0.2, -0.15) is 29.9 Å². The third-order valence-electron chi connectivity index (χ3n) is 3.80. The van der Waals surface area contributed by atoms with Crippen LogP contribution < -0.4 is 4.80 Å². The molecule has 0 aliphatic heterocycles. The molecule has 0 spiro atoms. The first kappa shape index (κ1) is 20.0. The van der Waals surface area contributed by atoms with Crippen molar-refractivity contribution in [3.63, 3.8) is 0 Å². The summed E-state index contributed by atoms with van der Waals surface area (Å²) in [6, 6.07) is 9.67. The SMILES string of the molecule is CSCCn1c(=NC(=O)c2cccc(C(F)(F)F)c2)sc2cc(Cl)ccc21. The number of carbonyl (C=O) groups excluding carboxylic acids is 1. The zero-order chi connectivity index (χ0) is 19.6. The van der Waals surface area contributed by atoms with E-state index in [2.05, 4.69) is 4.99 Å². The molecule has 0 saturated carbocycles. The summed E-state index contributed by atoms with van der Waals surface area (Å²) in [4.78, 5) is 17.0.